The van der Waals surface area contributed by atoms with Gasteiger partial charge in [-0.3, -0.25) is 29.4 Å². The number of rotatable bonds is 20. The standard InChI is InChI=1S/C46H58N12O7S/c1-31-32(2)66-45(51-31)55-42(61)35-8-4-5-9-36(35)52-39(59)12-20-63-22-24-65-25-23-64-21-15-47-40(60)29-56-16-18-57(19-17-56)34-10-11-38(48-28-34)53-44-49-27-33-26-37-43(62)50-30-46(13-6-3-7-14-46)58(37)41(33)54-44/h4-5,8-11,26-28H,3,6-7,12-25,29-30H2,1-2H3,(H,47,60)(H,50,62)(H,52,59)(H,51,55,61)(H,48,49,53,54). The Bertz CT molecular complexity index is 2460. The van der Waals surface area contributed by atoms with Gasteiger partial charge in [0.2, 0.25) is 17.8 Å². The van der Waals surface area contributed by atoms with E-state index in [0.717, 1.165) is 79.2 Å². The van der Waals surface area contributed by atoms with E-state index in [-0.39, 0.29) is 42.2 Å². The average Bonchev–Trinajstić information content (AvgIpc) is 3.87. The Morgan fingerprint density at radius 3 is 2.33 bits per heavy atom. The van der Waals surface area contributed by atoms with Gasteiger partial charge in [-0.25, -0.2) is 15.0 Å². The summed E-state index contributed by atoms with van der Waals surface area (Å²) in [4.78, 5) is 74.7. The molecule has 0 unspecified atom stereocenters. The van der Waals surface area contributed by atoms with Crippen molar-refractivity contribution in [3.05, 3.63) is 76.7 Å². The Labute approximate surface area is 387 Å². The van der Waals surface area contributed by atoms with Crippen molar-refractivity contribution in [3.63, 3.8) is 0 Å². The predicted molar refractivity (Wildman–Crippen MR) is 252 cm³/mol. The molecule has 1 saturated carbocycles. The van der Waals surface area contributed by atoms with Gasteiger partial charge < -0.3 is 44.9 Å². The number of aryl methyl sites for hydroxylation is 2. The third kappa shape index (κ3) is 11.7. The van der Waals surface area contributed by atoms with Crippen molar-refractivity contribution in [1.82, 2.24) is 40.0 Å². The molecule has 20 heteroatoms. The van der Waals surface area contributed by atoms with Gasteiger partial charge in [0.25, 0.3) is 11.8 Å². The molecule has 3 aliphatic rings. The zero-order chi connectivity index (χ0) is 45.9. The number of ether oxygens (including phenoxy) is 3. The molecule has 5 aromatic rings. The van der Waals surface area contributed by atoms with Gasteiger partial charge in [-0.15, -0.1) is 11.3 Å². The SMILES string of the molecule is Cc1nc(NC(=O)c2ccccc2NC(=O)CCOCCOCCOCCNC(=O)CN2CCN(c3ccc(Nc4ncc5cc6n(c5n4)C4(CCCCC4)CNC6=O)nc3)CC2)sc1C. The number of nitrogens with one attached hydrogen (secondary N) is 5. The number of fused-ring (bicyclic) bond motifs is 4. The molecular formula is C46H58N12O7S. The number of benzene rings is 1. The first-order valence-electron chi connectivity index (χ1n) is 22.7. The summed E-state index contributed by atoms with van der Waals surface area (Å²) in [5, 5.41) is 16.3. The zero-order valence-electron chi connectivity index (χ0n) is 37.5. The lowest BCUT2D eigenvalue weighted by Crippen LogP contribution is -2.52. The fourth-order valence-electron chi connectivity index (χ4n) is 8.57. The van der Waals surface area contributed by atoms with Crippen LogP contribution in [0.25, 0.3) is 11.0 Å². The maximum Gasteiger partial charge on any atom is 0.268 e. The lowest BCUT2D eigenvalue weighted by atomic mass is 9.80. The van der Waals surface area contributed by atoms with Crippen LogP contribution in [-0.4, -0.2) is 138 Å². The summed E-state index contributed by atoms with van der Waals surface area (Å²) < 4.78 is 18.9. The van der Waals surface area contributed by atoms with Gasteiger partial charge in [0, 0.05) is 55.7 Å². The fourth-order valence-corrected chi connectivity index (χ4v) is 9.38. The van der Waals surface area contributed by atoms with Crippen LogP contribution in [0.3, 0.4) is 0 Å². The molecule has 1 spiro atoms. The van der Waals surface area contributed by atoms with Crippen molar-refractivity contribution < 1.29 is 33.4 Å². The molecule has 350 valence electrons. The van der Waals surface area contributed by atoms with Crippen molar-refractivity contribution in [1.29, 1.82) is 0 Å². The van der Waals surface area contributed by atoms with Crippen molar-refractivity contribution in [2.45, 2.75) is 57.9 Å². The van der Waals surface area contributed by atoms with Crippen LogP contribution in [0.15, 0.2) is 54.9 Å². The second-order valence-electron chi connectivity index (χ2n) is 16.7. The second kappa shape index (κ2) is 22.0. The third-order valence-electron chi connectivity index (χ3n) is 12.2. The molecule has 4 aromatic heterocycles. The Morgan fingerprint density at radius 1 is 0.833 bits per heavy atom. The summed E-state index contributed by atoms with van der Waals surface area (Å²) in [6.07, 6.45) is 9.24. The van der Waals surface area contributed by atoms with Crippen molar-refractivity contribution in [3.8, 4) is 0 Å². The summed E-state index contributed by atoms with van der Waals surface area (Å²) in [5.74, 6) is 0.337. The van der Waals surface area contributed by atoms with E-state index >= 15 is 0 Å². The molecule has 66 heavy (non-hydrogen) atoms. The lowest BCUT2D eigenvalue weighted by molar-refractivity contribution is -0.122. The molecule has 8 rings (SSSR count). The Hall–Kier alpha value is -6.06. The normalized spacial score (nSPS) is 15.9. The van der Waals surface area contributed by atoms with E-state index in [9.17, 15) is 19.2 Å². The molecule has 2 aliphatic heterocycles. The molecule has 19 nitrogen and oxygen atoms in total. The molecule has 6 heterocycles. The molecule has 1 aliphatic carbocycles. The molecule has 1 aromatic carbocycles. The molecule has 2 fully saturated rings. The molecular weight excluding hydrogens is 865 g/mol. The van der Waals surface area contributed by atoms with E-state index in [1.165, 1.54) is 17.8 Å². The van der Waals surface area contributed by atoms with E-state index in [2.05, 4.69) is 55.9 Å². The predicted octanol–water partition coefficient (Wildman–Crippen LogP) is 4.62. The summed E-state index contributed by atoms with van der Waals surface area (Å²) in [7, 11) is 0. The lowest BCUT2D eigenvalue weighted by Gasteiger charge is -2.42. The minimum Gasteiger partial charge on any atom is -0.379 e. The van der Waals surface area contributed by atoms with Gasteiger partial charge >= 0.3 is 0 Å². The number of para-hydroxylation sites is 1. The molecule has 5 N–H and O–H groups in total. The first-order chi connectivity index (χ1) is 32.1. The largest absolute Gasteiger partial charge is 0.379 e. The Kier molecular flexibility index (Phi) is 15.5. The summed E-state index contributed by atoms with van der Waals surface area (Å²) in [6, 6.07) is 12.7. The number of pyridine rings is 1. The third-order valence-corrected chi connectivity index (χ3v) is 13.2. The van der Waals surface area contributed by atoms with Crippen LogP contribution in [0.1, 0.15) is 69.9 Å². The first kappa shape index (κ1) is 46.5. The van der Waals surface area contributed by atoms with E-state index in [1.54, 1.807) is 30.5 Å². The highest BCUT2D eigenvalue weighted by Crippen LogP contribution is 2.40. The van der Waals surface area contributed by atoms with Gasteiger partial charge in [-0.2, -0.15) is 4.98 Å². The molecule has 4 amide bonds. The maximum atomic E-state index is 12.9. The topological polar surface area (TPSA) is 219 Å². The number of anilines is 5. The van der Waals surface area contributed by atoms with Crippen molar-refractivity contribution >= 4 is 74.3 Å². The van der Waals surface area contributed by atoms with Crippen LogP contribution in [0.5, 0.6) is 0 Å². The molecule has 0 radical (unpaired) electrons. The number of carbonyl (C=O) groups excluding carboxylic acids is 4. The van der Waals surface area contributed by atoms with Crippen LogP contribution in [0, 0.1) is 13.8 Å². The first-order valence-corrected chi connectivity index (χ1v) is 23.5. The van der Waals surface area contributed by atoms with Gasteiger partial charge in [0.05, 0.1) is 87.0 Å². The highest BCUT2D eigenvalue weighted by molar-refractivity contribution is 7.15. The van der Waals surface area contributed by atoms with Crippen LogP contribution in [-0.2, 0) is 29.3 Å². The minimum atomic E-state index is -0.347. The van der Waals surface area contributed by atoms with Gasteiger partial charge in [0.15, 0.2) is 5.13 Å². The van der Waals surface area contributed by atoms with Crippen LogP contribution >= 0.6 is 11.3 Å². The maximum absolute atomic E-state index is 12.9. The number of carbonyl (C=O) groups is 4. The highest BCUT2D eigenvalue weighted by Gasteiger charge is 2.41. The number of hydrogen-bond acceptors (Lipinski definition) is 15. The monoisotopic (exact) mass is 922 g/mol. The number of amides is 4. The van der Waals surface area contributed by atoms with Gasteiger partial charge in [0.1, 0.15) is 17.2 Å². The highest BCUT2D eigenvalue weighted by atomic mass is 32.1. The van der Waals surface area contributed by atoms with E-state index in [4.69, 9.17) is 19.2 Å². The van der Waals surface area contributed by atoms with E-state index < -0.39 is 0 Å². The van der Waals surface area contributed by atoms with Crippen LogP contribution in [0.2, 0.25) is 0 Å². The van der Waals surface area contributed by atoms with Crippen molar-refractivity contribution in [2.24, 2.45) is 0 Å². The zero-order valence-corrected chi connectivity index (χ0v) is 38.3. The number of aromatic nitrogens is 5. The minimum absolute atomic E-state index is 0.0454. The summed E-state index contributed by atoms with van der Waals surface area (Å²) in [5.41, 5.74) is 3.91. The quantitative estimate of drug-likeness (QED) is 0.0674. The number of nitrogens with zero attached hydrogens (tertiary/aromatic N) is 7. The van der Waals surface area contributed by atoms with Gasteiger partial charge in [-0.1, -0.05) is 31.4 Å². The molecule has 0 atom stereocenters. The smallest absolute Gasteiger partial charge is 0.268 e. The van der Waals surface area contributed by atoms with Crippen LogP contribution in [0.4, 0.5) is 28.3 Å². The van der Waals surface area contributed by atoms with Crippen LogP contribution < -0.4 is 31.5 Å². The second-order valence-corrected chi connectivity index (χ2v) is 17.9. The van der Waals surface area contributed by atoms with E-state index in [1.807, 2.05) is 38.2 Å². The van der Waals surface area contributed by atoms with Crippen molar-refractivity contribution in [2.75, 3.05) is 106 Å². The molecule has 0 bridgehead atoms. The molecule has 1 saturated heterocycles. The number of hydrogen-bond donors (Lipinski definition) is 5. The summed E-state index contributed by atoms with van der Waals surface area (Å²) >= 11 is 1.40. The number of piperazine rings is 1. The fraction of sp³-hybridized carbons (Fsp3) is 0.478. The summed E-state index contributed by atoms with van der Waals surface area (Å²) in [6.45, 7) is 10.2. The van der Waals surface area contributed by atoms with E-state index in [0.29, 0.717) is 86.5 Å². The van der Waals surface area contributed by atoms with Gasteiger partial charge in [-0.05, 0) is 57.0 Å². The number of thiazole rings is 1. The average molecular weight is 923 g/mol. The Balaban J connectivity index is 0.652. The Morgan fingerprint density at radius 2 is 1.59 bits per heavy atom.